The molecular formula is C12H20ClN3S. The van der Waals surface area contributed by atoms with Crippen LogP contribution in [0, 0.1) is 5.92 Å². The zero-order chi connectivity index (χ0) is 12.3. The van der Waals surface area contributed by atoms with E-state index in [1.165, 1.54) is 37.2 Å². The minimum atomic E-state index is 0.400. The molecule has 0 saturated heterocycles. The lowest BCUT2D eigenvalue weighted by Gasteiger charge is -2.30. The van der Waals surface area contributed by atoms with Crippen LogP contribution in [0.3, 0.4) is 0 Å². The Labute approximate surface area is 112 Å². The van der Waals surface area contributed by atoms with Gasteiger partial charge in [-0.2, -0.15) is 4.37 Å². The number of nitrogens with one attached hydrogen (secondary N) is 1. The third-order valence-corrected chi connectivity index (χ3v) is 4.43. The quantitative estimate of drug-likeness (QED) is 0.847. The lowest BCUT2D eigenvalue weighted by atomic mass is 9.86. The van der Waals surface area contributed by atoms with Crippen molar-refractivity contribution in [2.24, 2.45) is 5.92 Å². The van der Waals surface area contributed by atoms with Crippen molar-refractivity contribution in [1.29, 1.82) is 0 Å². The first-order valence-electron chi connectivity index (χ1n) is 6.36. The summed E-state index contributed by atoms with van der Waals surface area (Å²) in [7, 11) is 0. The molecule has 0 aliphatic heterocycles. The van der Waals surface area contributed by atoms with Crippen molar-refractivity contribution in [2.45, 2.75) is 51.5 Å². The number of halogens is 1. The molecule has 0 spiro atoms. The second-order valence-corrected chi connectivity index (χ2v) is 6.12. The second-order valence-electron chi connectivity index (χ2n) is 5.06. The van der Waals surface area contributed by atoms with Gasteiger partial charge in [0.1, 0.15) is 5.82 Å². The van der Waals surface area contributed by atoms with Gasteiger partial charge in [0.25, 0.3) is 0 Å². The SMILES string of the molecule is CC(C)c1nsc(NC2CCCCC2CCl)n1. The van der Waals surface area contributed by atoms with Crippen molar-refractivity contribution >= 4 is 28.3 Å². The first-order valence-corrected chi connectivity index (χ1v) is 7.67. The van der Waals surface area contributed by atoms with Crippen LogP contribution in [0.5, 0.6) is 0 Å². The van der Waals surface area contributed by atoms with E-state index in [1.807, 2.05) is 0 Å². The van der Waals surface area contributed by atoms with Gasteiger partial charge < -0.3 is 5.32 Å². The Kier molecular flexibility index (Phi) is 4.62. The largest absolute Gasteiger partial charge is 0.357 e. The summed E-state index contributed by atoms with van der Waals surface area (Å²) in [4.78, 5) is 4.53. The van der Waals surface area contributed by atoms with Crippen molar-refractivity contribution in [2.75, 3.05) is 11.2 Å². The molecule has 96 valence electrons. The number of nitrogens with zero attached hydrogens (tertiary/aromatic N) is 2. The number of hydrogen-bond acceptors (Lipinski definition) is 4. The van der Waals surface area contributed by atoms with E-state index >= 15 is 0 Å². The molecule has 1 fully saturated rings. The van der Waals surface area contributed by atoms with Crippen LogP contribution in [0.4, 0.5) is 5.13 Å². The van der Waals surface area contributed by atoms with E-state index in [0.717, 1.165) is 16.8 Å². The van der Waals surface area contributed by atoms with Gasteiger partial charge in [-0.1, -0.05) is 26.7 Å². The molecule has 5 heteroatoms. The fraction of sp³-hybridized carbons (Fsp3) is 0.833. The molecule has 1 N–H and O–H groups in total. The highest BCUT2D eigenvalue weighted by atomic mass is 35.5. The summed E-state index contributed by atoms with van der Waals surface area (Å²) >= 11 is 7.49. The van der Waals surface area contributed by atoms with Gasteiger partial charge in [0.15, 0.2) is 0 Å². The molecule has 2 atom stereocenters. The fourth-order valence-electron chi connectivity index (χ4n) is 2.27. The monoisotopic (exact) mass is 273 g/mol. The van der Waals surface area contributed by atoms with Gasteiger partial charge in [-0.3, -0.25) is 0 Å². The molecule has 1 aromatic rings. The Morgan fingerprint density at radius 2 is 2.18 bits per heavy atom. The van der Waals surface area contributed by atoms with Gasteiger partial charge in [0.05, 0.1) is 0 Å². The van der Waals surface area contributed by atoms with Gasteiger partial charge in [0.2, 0.25) is 5.13 Å². The number of rotatable bonds is 4. The van der Waals surface area contributed by atoms with Crippen molar-refractivity contribution in [3.05, 3.63) is 5.82 Å². The van der Waals surface area contributed by atoms with Crippen LogP contribution in [-0.2, 0) is 0 Å². The summed E-state index contributed by atoms with van der Waals surface area (Å²) in [6.45, 7) is 4.24. The molecule has 1 aromatic heterocycles. The summed E-state index contributed by atoms with van der Waals surface area (Å²) in [5, 5.41) is 4.47. The average molecular weight is 274 g/mol. The molecule has 2 unspecified atom stereocenters. The van der Waals surface area contributed by atoms with E-state index in [9.17, 15) is 0 Å². The zero-order valence-corrected chi connectivity index (χ0v) is 12.0. The number of hydrogen-bond donors (Lipinski definition) is 1. The maximum absolute atomic E-state index is 6.02. The molecule has 2 rings (SSSR count). The highest BCUT2D eigenvalue weighted by molar-refractivity contribution is 7.09. The molecular weight excluding hydrogens is 254 g/mol. The van der Waals surface area contributed by atoms with Gasteiger partial charge >= 0.3 is 0 Å². The van der Waals surface area contributed by atoms with Crippen LogP contribution in [0.25, 0.3) is 0 Å². The Morgan fingerprint density at radius 3 is 2.82 bits per heavy atom. The summed E-state index contributed by atoms with van der Waals surface area (Å²) in [5.74, 6) is 2.66. The van der Waals surface area contributed by atoms with E-state index in [4.69, 9.17) is 11.6 Å². The molecule has 0 amide bonds. The lowest BCUT2D eigenvalue weighted by Crippen LogP contribution is -2.33. The van der Waals surface area contributed by atoms with Crippen LogP contribution >= 0.6 is 23.1 Å². The number of aromatic nitrogens is 2. The third kappa shape index (κ3) is 3.32. The second kappa shape index (κ2) is 6.01. The van der Waals surface area contributed by atoms with Gasteiger partial charge in [-0.25, -0.2) is 4.98 Å². The molecule has 1 saturated carbocycles. The summed E-state index contributed by atoms with van der Waals surface area (Å²) < 4.78 is 4.37. The van der Waals surface area contributed by atoms with E-state index in [-0.39, 0.29) is 0 Å². The maximum atomic E-state index is 6.02. The smallest absolute Gasteiger partial charge is 0.202 e. The van der Waals surface area contributed by atoms with Crippen LogP contribution in [0.15, 0.2) is 0 Å². The predicted octanol–water partition coefficient (Wildman–Crippen LogP) is 3.87. The van der Waals surface area contributed by atoms with E-state index in [2.05, 4.69) is 28.5 Å². The van der Waals surface area contributed by atoms with E-state index < -0.39 is 0 Å². The molecule has 0 aromatic carbocycles. The number of anilines is 1. The first-order chi connectivity index (χ1) is 8.20. The molecule has 1 aliphatic rings. The molecule has 0 radical (unpaired) electrons. The van der Waals surface area contributed by atoms with Crippen LogP contribution < -0.4 is 5.32 Å². The van der Waals surface area contributed by atoms with Crippen LogP contribution in [0.2, 0.25) is 0 Å². The van der Waals surface area contributed by atoms with Crippen molar-refractivity contribution in [1.82, 2.24) is 9.36 Å². The molecule has 17 heavy (non-hydrogen) atoms. The van der Waals surface area contributed by atoms with Gasteiger partial charge in [-0.15, -0.1) is 11.6 Å². The molecule has 3 nitrogen and oxygen atoms in total. The topological polar surface area (TPSA) is 37.8 Å². The van der Waals surface area contributed by atoms with Crippen molar-refractivity contribution in [3.63, 3.8) is 0 Å². The minimum absolute atomic E-state index is 0.400. The minimum Gasteiger partial charge on any atom is -0.357 e. The number of alkyl halides is 1. The lowest BCUT2D eigenvalue weighted by molar-refractivity contribution is 0.353. The Morgan fingerprint density at radius 1 is 1.41 bits per heavy atom. The summed E-state index contributed by atoms with van der Waals surface area (Å²) in [5.41, 5.74) is 0. The Hall–Kier alpha value is -0.350. The van der Waals surface area contributed by atoms with Gasteiger partial charge in [-0.05, 0) is 18.8 Å². The summed E-state index contributed by atoms with van der Waals surface area (Å²) in [6, 6.07) is 0.481. The average Bonchev–Trinajstić information content (AvgIpc) is 2.78. The molecule has 1 aliphatic carbocycles. The highest BCUT2D eigenvalue weighted by Crippen LogP contribution is 2.29. The predicted molar refractivity (Wildman–Crippen MR) is 74.1 cm³/mol. The van der Waals surface area contributed by atoms with Gasteiger partial charge in [0, 0.05) is 29.4 Å². The first kappa shape index (κ1) is 13.1. The normalized spacial score (nSPS) is 25.2. The third-order valence-electron chi connectivity index (χ3n) is 3.37. The molecule has 1 heterocycles. The van der Waals surface area contributed by atoms with Crippen LogP contribution in [-0.4, -0.2) is 21.3 Å². The Balaban J connectivity index is 1.98. The van der Waals surface area contributed by atoms with Crippen molar-refractivity contribution < 1.29 is 0 Å². The summed E-state index contributed by atoms with van der Waals surface area (Å²) in [6.07, 6.45) is 5.04. The highest BCUT2D eigenvalue weighted by Gasteiger charge is 2.25. The standard InChI is InChI=1S/C12H20ClN3S/c1-8(2)11-15-12(17-16-11)14-10-6-4-3-5-9(10)7-13/h8-10H,3-7H2,1-2H3,(H,14,15,16). The molecule has 0 bridgehead atoms. The van der Waals surface area contributed by atoms with Crippen LogP contribution in [0.1, 0.15) is 51.3 Å². The maximum Gasteiger partial charge on any atom is 0.202 e. The van der Waals surface area contributed by atoms with E-state index in [0.29, 0.717) is 17.9 Å². The van der Waals surface area contributed by atoms with E-state index in [1.54, 1.807) is 0 Å². The fourth-order valence-corrected chi connectivity index (χ4v) is 3.41. The zero-order valence-electron chi connectivity index (χ0n) is 10.4. The Bertz CT molecular complexity index is 353. The van der Waals surface area contributed by atoms with Crippen molar-refractivity contribution in [3.8, 4) is 0 Å².